The highest BCUT2D eigenvalue weighted by atomic mass is 16.2. The lowest BCUT2D eigenvalue weighted by molar-refractivity contribution is -0.135. The smallest absolute Gasteiger partial charge is 0.225 e. The van der Waals surface area contributed by atoms with E-state index in [-0.39, 0.29) is 5.92 Å². The highest BCUT2D eigenvalue weighted by Crippen LogP contribution is 2.13. The summed E-state index contributed by atoms with van der Waals surface area (Å²) in [5.41, 5.74) is 0. The predicted molar refractivity (Wildman–Crippen MR) is 76.6 cm³/mol. The molecule has 18 heavy (non-hydrogen) atoms. The Balaban J connectivity index is 0.000000225. The lowest BCUT2D eigenvalue weighted by atomic mass is 10.0. The molecule has 0 radical (unpaired) electrons. The molecular formula is C15H30N2O. The molecule has 0 unspecified atom stereocenters. The third-order valence-corrected chi connectivity index (χ3v) is 3.91. The van der Waals surface area contributed by atoms with Gasteiger partial charge in [0.2, 0.25) is 5.91 Å². The number of hydrogen-bond donors (Lipinski definition) is 1. The lowest BCUT2D eigenvalue weighted by Crippen LogP contribution is -2.38. The van der Waals surface area contributed by atoms with E-state index in [2.05, 4.69) is 12.2 Å². The minimum absolute atomic E-state index is 0.225. The predicted octanol–water partition coefficient (Wildman–Crippen LogP) is 2.80. The van der Waals surface area contributed by atoms with Gasteiger partial charge in [-0.25, -0.2) is 0 Å². The van der Waals surface area contributed by atoms with E-state index in [1.165, 1.54) is 51.6 Å². The van der Waals surface area contributed by atoms with E-state index in [1.807, 2.05) is 11.8 Å². The third-order valence-electron chi connectivity index (χ3n) is 3.91. The quantitative estimate of drug-likeness (QED) is 0.822. The molecule has 2 rings (SSSR count). The highest BCUT2D eigenvalue weighted by molar-refractivity contribution is 5.78. The molecule has 0 aromatic carbocycles. The van der Waals surface area contributed by atoms with Crippen LogP contribution in [0.1, 0.15) is 58.8 Å². The standard InChI is InChI=1S/C10H19NO.C5H11N/c1-3-9(2)10(12)11-7-5-4-6-8-11;1-2-4-6-5-3-1/h9H,3-8H2,1-2H3;6H,1-5H2/t9-;/m1./s1. The second-order valence-corrected chi connectivity index (χ2v) is 5.51. The first-order chi connectivity index (χ1) is 8.75. The summed E-state index contributed by atoms with van der Waals surface area (Å²) in [5, 5.41) is 3.28. The molecule has 0 saturated carbocycles. The van der Waals surface area contributed by atoms with Crippen molar-refractivity contribution in [1.29, 1.82) is 0 Å². The molecule has 1 N–H and O–H groups in total. The van der Waals surface area contributed by atoms with Gasteiger partial charge in [0.05, 0.1) is 0 Å². The van der Waals surface area contributed by atoms with Crippen LogP contribution >= 0.6 is 0 Å². The molecular weight excluding hydrogens is 224 g/mol. The molecule has 1 amide bonds. The lowest BCUT2D eigenvalue weighted by Gasteiger charge is -2.28. The summed E-state index contributed by atoms with van der Waals surface area (Å²) in [7, 11) is 0. The minimum atomic E-state index is 0.225. The third kappa shape index (κ3) is 5.85. The van der Waals surface area contributed by atoms with Crippen LogP contribution in [0.2, 0.25) is 0 Å². The summed E-state index contributed by atoms with van der Waals surface area (Å²) >= 11 is 0. The summed E-state index contributed by atoms with van der Waals surface area (Å²) in [6.07, 6.45) is 8.87. The van der Waals surface area contributed by atoms with Gasteiger partial charge in [0, 0.05) is 19.0 Å². The SMILES string of the molecule is C1CCNCC1.CC[C@@H](C)C(=O)N1CCCCC1. The number of amides is 1. The summed E-state index contributed by atoms with van der Waals surface area (Å²) in [6, 6.07) is 0. The Morgan fingerprint density at radius 2 is 1.61 bits per heavy atom. The van der Waals surface area contributed by atoms with Crippen molar-refractivity contribution in [3.05, 3.63) is 0 Å². The molecule has 2 aliphatic heterocycles. The number of carbonyl (C=O) groups is 1. The monoisotopic (exact) mass is 254 g/mol. The fourth-order valence-corrected chi connectivity index (χ4v) is 2.40. The molecule has 2 heterocycles. The summed E-state index contributed by atoms with van der Waals surface area (Å²) in [5.74, 6) is 0.584. The molecule has 0 aliphatic carbocycles. The summed E-state index contributed by atoms with van der Waals surface area (Å²) in [6.45, 7) is 8.58. The molecule has 1 atom stereocenters. The van der Waals surface area contributed by atoms with Gasteiger partial charge in [-0.05, 0) is 51.6 Å². The van der Waals surface area contributed by atoms with E-state index in [0.29, 0.717) is 5.91 Å². The second-order valence-electron chi connectivity index (χ2n) is 5.51. The van der Waals surface area contributed by atoms with Crippen molar-refractivity contribution < 1.29 is 4.79 Å². The maximum absolute atomic E-state index is 11.7. The molecule has 0 bridgehead atoms. The Morgan fingerprint density at radius 1 is 1.06 bits per heavy atom. The molecule has 2 saturated heterocycles. The zero-order valence-electron chi connectivity index (χ0n) is 12.2. The Bertz CT molecular complexity index is 209. The van der Waals surface area contributed by atoms with Crippen molar-refractivity contribution in [2.45, 2.75) is 58.8 Å². The van der Waals surface area contributed by atoms with Gasteiger partial charge in [-0.2, -0.15) is 0 Å². The van der Waals surface area contributed by atoms with Crippen molar-refractivity contribution in [2.75, 3.05) is 26.2 Å². The van der Waals surface area contributed by atoms with Crippen LogP contribution in [0.4, 0.5) is 0 Å². The van der Waals surface area contributed by atoms with Crippen molar-refractivity contribution in [1.82, 2.24) is 10.2 Å². The number of carbonyl (C=O) groups excluding carboxylic acids is 1. The van der Waals surface area contributed by atoms with Crippen LogP contribution in [0.25, 0.3) is 0 Å². The van der Waals surface area contributed by atoms with Crippen molar-refractivity contribution >= 4 is 5.91 Å². The van der Waals surface area contributed by atoms with Crippen LogP contribution in [-0.4, -0.2) is 37.0 Å². The van der Waals surface area contributed by atoms with Crippen molar-refractivity contribution in [2.24, 2.45) is 5.92 Å². The molecule has 0 aromatic rings. The zero-order valence-corrected chi connectivity index (χ0v) is 12.2. The van der Waals surface area contributed by atoms with E-state index >= 15 is 0 Å². The normalized spacial score (nSPS) is 21.8. The zero-order chi connectivity index (χ0) is 13.2. The minimum Gasteiger partial charge on any atom is -0.342 e. The molecule has 0 aromatic heterocycles. The summed E-state index contributed by atoms with van der Waals surface area (Å²) in [4.78, 5) is 13.7. The average molecular weight is 254 g/mol. The van der Waals surface area contributed by atoms with E-state index < -0.39 is 0 Å². The van der Waals surface area contributed by atoms with Gasteiger partial charge in [0.25, 0.3) is 0 Å². The fraction of sp³-hybridized carbons (Fsp3) is 0.933. The number of piperidine rings is 2. The molecule has 3 heteroatoms. The van der Waals surface area contributed by atoms with Gasteiger partial charge in [0.15, 0.2) is 0 Å². The first-order valence-corrected chi connectivity index (χ1v) is 7.75. The molecule has 3 nitrogen and oxygen atoms in total. The maximum atomic E-state index is 11.7. The number of hydrogen-bond acceptors (Lipinski definition) is 2. The topological polar surface area (TPSA) is 32.3 Å². The Hall–Kier alpha value is -0.570. The average Bonchev–Trinajstić information content (AvgIpc) is 2.49. The number of nitrogens with one attached hydrogen (secondary N) is 1. The van der Waals surface area contributed by atoms with Gasteiger partial charge < -0.3 is 10.2 Å². The van der Waals surface area contributed by atoms with Gasteiger partial charge in [-0.3, -0.25) is 4.79 Å². The maximum Gasteiger partial charge on any atom is 0.225 e. The number of rotatable bonds is 2. The van der Waals surface area contributed by atoms with Gasteiger partial charge in [0.1, 0.15) is 0 Å². The molecule has 2 aliphatic rings. The second kappa shape index (κ2) is 9.37. The number of likely N-dealkylation sites (tertiary alicyclic amines) is 1. The van der Waals surface area contributed by atoms with Crippen molar-refractivity contribution in [3.63, 3.8) is 0 Å². The van der Waals surface area contributed by atoms with E-state index in [0.717, 1.165) is 19.5 Å². The Morgan fingerprint density at radius 3 is 2.00 bits per heavy atom. The number of nitrogens with zero attached hydrogens (tertiary/aromatic N) is 1. The van der Waals surface area contributed by atoms with Gasteiger partial charge in [-0.1, -0.05) is 20.3 Å². The van der Waals surface area contributed by atoms with E-state index in [4.69, 9.17) is 0 Å². The van der Waals surface area contributed by atoms with Crippen LogP contribution in [0.15, 0.2) is 0 Å². The van der Waals surface area contributed by atoms with Gasteiger partial charge >= 0.3 is 0 Å². The van der Waals surface area contributed by atoms with Crippen LogP contribution in [0, 0.1) is 5.92 Å². The van der Waals surface area contributed by atoms with Crippen LogP contribution in [-0.2, 0) is 4.79 Å². The first kappa shape index (κ1) is 15.5. The summed E-state index contributed by atoms with van der Waals surface area (Å²) < 4.78 is 0. The molecule has 2 fully saturated rings. The fourth-order valence-electron chi connectivity index (χ4n) is 2.40. The molecule has 0 spiro atoms. The van der Waals surface area contributed by atoms with Crippen LogP contribution in [0.3, 0.4) is 0 Å². The van der Waals surface area contributed by atoms with Crippen LogP contribution < -0.4 is 5.32 Å². The van der Waals surface area contributed by atoms with Crippen LogP contribution in [0.5, 0.6) is 0 Å². The highest BCUT2D eigenvalue weighted by Gasteiger charge is 2.20. The Kier molecular flexibility index (Phi) is 8.06. The first-order valence-electron chi connectivity index (χ1n) is 7.75. The van der Waals surface area contributed by atoms with Crippen molar-refractivity contribution in [3.8, 4) is 0 Å². The van der Waals surface area contributed by atoms with E-state index in [1.54, 1.807) is 0 Å². The van der Waals surface area contributed by atoms with Gasteiger partial charge in [-0.15, -0.1) is 0 Å². The largest absolute Gasteiger partial charge is 0.342 e. The Labute approximate surface area is 112 Å². The molecule has 106 valence electrons. The van der Waals surface area contributed by atoms with E-state index in [9.17, 15) is 4.79 Å².